The van der Waals surface area contributed by atoms with Crippen molar-refractivity contribution in [3.05, 3.63) is 52.0 Å². The van der Waals surface area contributed by atoms with Gasteiger partial charge in [-0.05, 0) is 61.8 Å². The standard InChI is InChI=1S/C22H20ClFN2O5S/c23-16-10-20(31-19-3-1-2-17(19)24)18(8-14(16)11-25)26-32(29,30)21-9-13(22(27)28)6-7-15(21)12-4-5-12/h6-10,12,17,19,26H,1-5H2,(H,27,28)/t17-,19+/m0/s1. The number of hydrogen-bond acceptors (Lipinski definition) is 5. The van der Waals surface area contributed by atoms with Crippen molar-refractivity contribution in [2.75, 3.05) is 4.72 Å². The molecule has 0 spiro atoms. The summed E-state index contributed by atoms with van der Waals surface area (Å²) >= 11 is 6.10. The van der Waals surface area contributed by atoms with Crippen LogP contribution in [0.15, 0.2) is 35.2 Å². The second-order valence-corrected chi connectivity index (χ2v) is 10.0. The predicted octanol–water partition coefficient (Wildman–Crippen LogP) is 4.86. The number of alkyl halides is 1. The van der Waals surface area contributed by atoms with Gasteiger partial charge in [0, 0.05) is 6.07 Å². The van der Waals surface area contributed by atoms with Crippen LogP contribution in [-0.4, -0.2) is 31.8 Å². The van der Waals surface area contributed by atoms with E-state index in [4.69, 9.17) is 16.3 Å². The van der Waals surface area contributed by atoms with Crippen molar-refractivity contribution in [3.8, 4) is 11.8 Å². The zero-order valence-electron chi connectivity index (χ0n) is 16.8. The highest BCUT2D eigenvalue weighted by molar-refractivity contribution is 7.92. The SMILES string of the molecule is N#Cc1cc(NS(=O)(=O)c2cc(C(=O)O)ccc2C2CC2)c(O[C@@H]2CCC[C@@H]2F)cc1Cl. The number of hydrogen-bond donors (Lipinski definition) is 2. The van der Waals surface area contributed by atoms with E-state index >= 15 is 0 Å². The quantitative estimate of drug-likeness (QED) is 0.587. The normalized spacial score (nSPS) is 20.5. The molecule has 0 heterocycles. The van der Waals surface area contributed by atoms with Gasteiger partial charge in [0.15, 0.2) is 0 Å². The first-order chi connectivity index (χ1) is 15.2. The molecule has 168 valence electrons. The van der Waals surface area contributed by atoms with Crippen molar-refractivity contribution >= 4 is 33.3 Å². The molecule has 2 atom stereocenters. The maximum atomic E-state index is 14.1. The number of ether oxygens (including phenoxy) is 1. The average Bonchev–Trinajstić information content (AvgIpc) is 3.52. The van der Waals surface area contributed by atoms with Gasteiger partial charge in [-0.2, -0.15) is 5.26 Å². The van der Waals surface area contributed by atoms with Gasteiger partial charge in [0.25, 0.3) is 10.0 Å². The Hall–Kier alpha value is -2.83. The molecule has 0 saturated heterocycles. The molecule has 0 aromatic heterocycles. The molecule has 10 heteroatoms. The van der Waals surface area contributed by atoms with Gasteiger partial charge >= 0.3 is 5.97 Å². The van der Waals surface area contributed by atoms with Gasteiger partial charge in [0.05, 0.1) is 26.7 Å². The summed E-state index contributed by atoms with van der Waals surface area (Å²) in [6, 6.07) is 8.41. The minimum atomic E-state index is -4.25. The number of sulfonamides is 1. The molecule has 2 aromatic carbocycles. The van der Waals surface area contributed by atoms with Crippen molar-refractivity contribution in [2.45, 2.75) is 55.2 Å². The fraction of sp³-hybridized carbons (Fsp3) is 0.364. The number of rotatable bonds is 7. The molecule has 2 fully saturated rings. The van der Waals surface area contributed by atoms with Crippen molar-refractivity contribution in [1.29, 1.82) is 5.26 Å². The van der Waals surface area contributed by atoms with Crippen LogP contribution < -0.4 is 9.46 Å². The second kappa shape index (κ2) is 8.60. The number of halogens is 2. The highest BCUT2D eigenvalue weighted by Crippen LogP contribution is 2.44. The maximum Gasteiger partial charge on any atom is 0.335 e. The Labute approximate surface area is 189 Å². The molecule has 0 unspecified atom stereocenters. The largest absolute Gasteiger partial charge is 0.485 e. The third kappa shape index (κ3) is 4.52. The van der Waals surface area contributed by atoms with Crippen LogP contribution in [-0.2, 0) is 10.0 Å². The number of carboxylic acids is 1. The molecule has 7 nitrogen and oxygen atoms in total. The Morgan fingerprint density at radius 3 is 2.56 bits per heavy atom. The molecule has 0 aliphatic heterocycles. The number of nitrogens with zero attached hydrogens (tertiary/aromatic N) is 1. The van der Waals surface area contributed by atoms with Gasteiger partial charge in [-0.3, -0.25) is 4.72 Å². The fourth-order valence-corrected chi connectivity index (χ4v) is 5.41. The maximum absolute atomic E-state index is 14.1. The number of carbonyl (C=O) groups is 1. The van der Waals surface area contributed by atoms with Crippen LogP contribution in [0.5, 0.6) is 5.75 Å². The molecule has 0 bridgehead atoms. The number of anilines is 1. The van der Waals surface area contributed by atoms with Crippen LogP contribution in [0.1, 0.15) is 59.5 Å². The minimum Gasteiger partial charge on any atom is -0.485 e. The van der Waals surface area contributed by atoms with E-state index < -0.39 is 28.3 Å². The molecule has 32 heavy (non-hydrogen) atoms. The van der Waals surface area contributed by atoms with Crippen LogP contribution >= 0.6 is 11.6 Å². The number of nitriles is 1. The summed E-state index contributed by atoms with van der Waals surface area (Å²) < 4.78 is 48.9. The first kappa shape index (κ1) is 22.4. The second-order valence-electron chi connectivity index (χ2n) is 7.98. The molecule has 2 aromatic rings. The third-order valence-electron chi connectivity index (χ3n) is 5.65. The number of nitrogens with one attached hydrogen (secondary N) is 1. The highest BCUT2D eigenvalue weighted by atomic mass is 35.5. The van der Waals surface area contributed by atoms with Crippen LogP contribution in [0, 0.1) is 11.3 Å². The van der Waals surface area contributed by atoms with Gasteiger partial charge < -0.3 is 9.84 Å². The summed E-state index contributed by atoms with van der Waals surface area (Å²) in [5.74, 6) is -1.21. The Morgan fingerprint density at radius 2 is 1.97 bits per heavy atom. The van der Waals surface area contributed by atoms with Crippen LogP contribution in [0.25, 0.3) is 0 Å². The molecule has 4 rings (SSSR count). The molecule has 2 aliphatic carbocycles. The molecular weight excluding hydrogens is 459 g/mol. The van der Waals surface area contributed by atoms with E-state index in [1.165, 1.54) is 24.3 Å². The van der Waals surface area contributed by atoms with E-state index in [9.17, 15) is 28.0 Å². The number of benzene rings is 2. The van der Waals surface area contributed by atoms with Gasteiger partial charge in [0.2, 0.25) is 0 Å². The van der Waals surface area contributed by atoms with E-state index in [1.807, 2.05) is 6.07 Å². The molecule has 0 amide bonds. The Bertz CT molecular complexity index is 1220. The van der Waals surface area contributed by atoms with E-state index in [1.54, 1.807) is 0 Å². The smallest absolute Gasteiger partial charge is 0.335 e. The monoisotopic (exact) mass is 478 g/mol. The Kier molecular flexibility index (Phi) is 6.01. The highest BCUT2D eigenvalue weighted by Gasteiger charge is 2.33. The molecule has 2 aliphatic rings. The fourth-order valence-electron chi connectivity index (χ4n) is 3.83. The lowest BCUT2D eigenvalue weighted by Crippen LogP contribution is -2.23. The van der Waals surface area contributed by atoms with Crippen LogP contribution in [0.2, 0.25) is 5.02 Å². The Balaban J connectivity index is 1.75. The molecular formula is C22H20ClFN2O5S. The van der Waals surface area contributed by atoms with E-state index in [2.05, 4.69) is 4.72 Å². The van der Waals surface area contributed by atoms with Crippen molar-refractivity contribution in [3.63, 3.8) is 0 Å². The first-order valence-corrected chi connectivity index (χ1v) is 12.0. The predicted molar refractivity (Wildman–Crippen MR) is 116 cm³/mol. The zero-order valence-corrected chi connectivity index (χ0v) is 18.4. The minimum absolute atomic E-state index is 0.00878. The van der Waals surface area contributed by atoms with Gasteiger partial charge in [-0.25, -0.2) is 17.6 Å². The summed E-state index contributed by atoms with van der Waals surface area (Å²) in [6.45, 7) is 0. The van der Waals surface area contributed by atoms with Gasteiger partial charge in [0.1, 0.15) is 24.1 Å². The average molecular weight is 479 g/mol. The summed E-state index contributed by atoms with van der Waals surface area (Å²) in [7, 11) is -4.25. The first-order valence-electron chi connectivity index (χ1n) is 10.1. The van der Waals surface area contributed by atoms with E-state index in [0.29, 0.717) is 24.8 Å². The summed E-state index contributed by atoms with van der Waals surface area (Å²) in [5, 5.41) is 18.7. The van der Waals surface area contributed by atoms with E-state index in [-0.39, 0.29) is 38.4 Å². The van der Waals surface area contributed by atoms with Gasteiger partial charge in [-0.15, -0.1) is 0 Å². The topological polar surface area (TPSA) is 116 Å². The molecule has 2 saturated carbocycles. The van der Waals surface area contributed by atoms with Crippen molar-refractivity contribution < 1.29 is 27.4 Å². The lowest BCUT2D eigenvalue weighted by Gasteiger charge is -2.20. The Morgan fingerprint density at radius 1 is 1.22 bits per heavy atom. The molecule has 2 N–H and O–H groups in total. The van der Waals surface area contributed by atoms with Crippen molar-refractivity contribution in [2.24, 2.45) is 0 Å². The van der Waals surface area contributed by atoms with Crippen molar-refractivity contribution in [1.82, 2.24) is 0 Å². The summed E-state index contributed by atoms with van der Waals surface area (Å²) in [4.78, 5) is 11.3. The van der Waals surface area contributed by atoms with Crippen LogP contribution in [0.4, 0.5) is 10.1 Å². The lowest BCUT2D eigenvalue weighted by molar-refractivity contribution is 0.0696. The third-order valence-corrected chi connectivity index (χ3v) is 7.39. The summed E-state index contributed by atoms with van der Waals surface area (Å²) in [6.07, 6.45) is 1.14. The summed E-state index contributed by atoms with van der Waals surface area (Å²) in [5.41, 5.74) is 0.319. The van der Waals surface area contributed by atoms with Gasteiger partial charge in [-0.1, -0.05) is 17.7 Å². The zero-order chi connectivity index (χ0) is 23.0. The van der Waals surface area contributed by atoms with Crippen LogP contribution in [0.3, 0.4) is 0 Å². The van der Waals surface area contributed by atoms with E-state index in [0.717, 1.165) is 18.9 Å². The number of aromatic carboxylic acids is 1. The lowest BCUT2D eigenvalue weighted by atomic mass is 10.1. The number of carboxylic acid groups (broad SMARTS) is 1. The molecule has 0 radical (unpaired) electrons.